The van der Waals surface area contributed by atoms with Gasteiger partial charge in [0.2, 0.25) is 5.91 Å². The molecule has 0 aliphatic carbocycles. The highest BCUT2D eigenvalue weighted by Gasteiger charge is 2.45. The summed E-state index contributed by atoms with van der Waals surface area (Å²) in [6, 6.07) is 7.54. The molecule has 0 bridgehead atoms. The maximum atomic E-state index is 12.4. The Morgan fingerprint density at radius 3 is 2.76 bits per heavy atom. The van der Waals surface area contributed by atoms with E-state index in [1.165, 1.54) is 5.56 Å². The molecule has 1 aromatic carbocycles. The van der Waals surface area contributed by atoms with Crippen molar-refractivity contribution in [1.82, 2.24) is 10.6 Å². The lowest BCUT2D eigenvalue weighted by atomic mass is 9.93. The number of hydrogen-bond donors (Lipinski definition) is 3. The van der Waals surface area contributed by atoms with Crippen molar-refractivity contribution in [3.63, 3.8) is 0 Å². The zero-order chi connectivity index (χ0) is 14.9. The maximum absolute atomic E-state index is 12.4. The Kier molecular flexibility index (Phi) is 3.65. The standard InChI is InChI=1S/C15H18N2O4/c18-13(17-15(14(19)20)5-6-21-9-15)12-7-10-3-1-2-4-11(10)8-16-12/h1-4,12,16H,5-9H2,(H,17,18)(H,19,20). The molecule has 3 rings (SSSR count). The van der Waals surface area contributed by atoms with Gasteiger partial charge in [-0.1, -0.05) is 24.3 Å². The van der Waals surface area contributed by atoms with E-state index >= 15 is 0 Å². The number of carboxylic acids is 1. The Bertz CT molecular complexity index is 567. The van der Waals surface area contributed by atoms with Crippen LogP contribution in [0.2, 0.25) is 0 Å². The molecule has 2 heterocycles. The highest BCUT2D eigenvalue weighted by Crippen LogP contribution is 2.21. The van der Waals surface area contributed by atoms with Crippen LogP contribution < -0.4 is 10.6 Å². The second-order valence-corrected chi connectivity index (χ2v) is 5.59. The molecule has 2 aliphatic rings. The van der Waals surface area contributed by atoms with Gasteiger partial charge in [0, 0.05) is 19.6 Å². The Morgan fingerprint density at radius 2 is 2.10 bits per heavy atom. The molecular formula is C15H18N2O4. The molecule has 0 aromatic heterocycles. The number of ether oxygens (including phenoxy) is 1. The minimum Gasteiger partial charge on any atom is -0.479 e. The van der Waals surface area contributed by atoms with Crippen LogP contribution in [0.1, 0.15) is 17.5 Å². The molecule has 3 N–H and O–H groups in total. The predicted molar refractivity (Wildman–Crippen MR) is 74.7 cm³/mol. The number of rotatable bonds is 3. The van der Waals surface area contributed by atoms with Gasteiger partial charge in [-0.25, -0.2) is 4.79 Å². The summed E-state index contributed by atoms with van der Waals surface area (Å²) < 4.78 is 5.15. The van der Waals surface area contributed by atoms with Gasteiger partial charge >= 0.3 is 5.97 Å². The van der Waals surface area contributed by atoms with Crippen LogP contribution in [-0.2, 0) is 27.3 Å². The maximum Gasteiger partial charge on any atom is 0.331 e. The second-order valence-electron chi connectivity index (χ2n) is 5.59. The van der Waals surface area contributed by atoms with E-state index in [4.69, 9.17) is 4.74 Å². The molecule has 1 amide bonds. The molecule has 1 fully saturated rings. The number of amides is 1. The zero-order valence-electron chi connectivity index (χ0n) is 11.6. The number of nitrogens with one attached hydrogen (secondary N) is 2. The van der Waals surface area contributed by atoms with Gasteiger partial charge in [0.25, 0.3) is 0 Å². The predicted octanol–water partition coefficient (Wildman–Crippen LogP) is 0.0608. The Morgan fingerprint density at radius 1 is 1.33 bits per heavy atom. The summed E-state index contributed by atoms with van der Waals surface area (Å²) in [7, 11) is 0. The Hall–Kier alpha value is -1.92. The lowest BCUT2D eigenvalue weighted by Crippen LogP contribution is -2.60. The number of hydrogen-bond acceptors (Lipinski definition) is 4. The number of fused-ring (bicyclic) bond motifs is 1. The van der Waals surface area contributed by atoms with Gasteiger partial charge in [0.05, 0.1) is 12.6 Å². The quantitative estimate of drug-likeness (QED) is 0.733. The van der Waals surface area contributed by atoms with Crippen LogP contribution in [-0.4, -0.2) is 41.8 Å². The SMILES string of the molecule is O=C(NC1(C(=O)O)CCOC1)C1Cc2ccccc2CN1. The normalized spacial score (nSPS) is 27.9. The van der Waals surface area contributed by atoms with Crippen molar-refractivity contribution in [2.75, 3.05) is 13.2 Å². The van der Waals surface area contributed by atoms with E-state index < -0.39 is 17.6 Å². The lowest BCUT2D eigenvalue weighted by Gasteiger charge is -2.30. The van der Waals surface area contributed by atoms with Crippen molar-refractivity contribution in [3.05, 3.63) is 35.4 Å². The van der Waals surface area contributed by atoms with E-state index in [1.54, 1.807) is 0 Å². The highest BCUT2D eigenvalue weighted by atomic mass is 16.5. The van der Waals surface area contributed by atoms with Crippen molar-refractivity contribution in [3.8, 4) is 0 Å². The Labute approximate surface area is 122 Å². The van der Waals surface area contributed by atoms with Gasteiger partial charge in [-0.3, -0.25) is 4.79 Å². The molecule has 6 heteroatoms. The summed E-state index contributed by atoms with van der Waals surface area (Å²) in [5, 5.41) is 15.2. The van der Waals surface area contributed by atoms with Crippen LogP contribution in [0.15, 0.2) is 24.3 Å². The van der Waals surface area contributed by atoms with Gasteiger partial charge in [0.1, 0.15) is 0 Å². The van der Waals surface area contributed by atoms with Gasteiger partial charge in [-0.05, 0) is 17.5 Å². The van der Waals surface area contributed by atoms with Crippen molar-refractivity contribution < 1.29 is 19.4 Å². The number of carboxylic acid groups (broad SMARTS) is 1. The largest absolute Gasteiger partial charge is 0.479 e. The van der Waals surface area contributed by atoms with E-state index in [0.29, 0.717) is 26.0 Å². The van der Waals surface area contributed by atoms with Crippen molar-refractivity contribution >= 4 is 11.9 Å². The summed E-state index contributed by atoms with van der Waals surface area (Å²) in [6.07, 6.45) is 0.871. The molecule has 2 atom stereocenters. The van der Waals surface area contributed by atoms with Crippen LogP contribution in [0.4, 0.5) is 0 Å². The van der Waals surface area contributed by atoms with E-state index in [2.05, 4.69) is 10.6 Å². The van der Waals surface area contributed by atoms with Crippen LogP contribution in [0.3, 0.4) is 0 Å². The molecular weight excluding hydrogens is 272 g/mol. The van der Waals surface area contributed by atoms with E-state index in [1.807, 2.05) is 24.3 Å². The fourth-order valence-electron chi connectivity index (χ4n) is 2.85. The molecule has 6 nitrogen and oxygen atoms in total. The zero-order valence-corrected chi connectivity index (χ0v) is 11.6. The summed E-state index contributed by atoms with van der Waals surface area (Å²) in [6.45, 7) is 0.996. The van der Waals surface area contributed by atoms with Crippen molar-refractivity contribution in [2.24, 2.45) is 0 Å². The molecule has 0 saturated carbocycles. The van der Waals surface area contributed by atoms with Crippen molar-refractivity contribution in [2.45, 2.75) is 31.0 Å². The summed E-state index contributed by atoms with van der Waals surface area (Å²) in [4.78, 5) is 23.8. The minimum atomic E-state index is -1.28. The summed E-state index contributed by atoms with van der Waals surface area (Å²) in [5.41, 5.74) is 1.03. The van der Waals surface area contributed by atoms with Crippen LogP contribution >= 0.6 is 0 Å². The van der Waals surface area contributed by atoms with E-state index in [9.17, 15) is 14.7 Å². The first kappa shape index (κ1) is 14.0. The second kappa shape index (κ2) is 5.46. The van der Waals surface area contributed by atoms with Gasteiger partial charge in [-0.2, -0.15) is 0 Å². The summed E-state index contributed by atoms with van der Waals surface area (Å²) >= 11 is 0. The van der Waals surface area contributed by atoms with Crippen LogP contribution in [0.25, 0.3) is 0 Å². The number of benzene rings is 1. The fourth-order valence-corrected chi connectivity index (χ4v) is 2.85. The number of carbonyl (C=O) groups is 2. The molecule has 1 saturated heterocycles. The molecule has 0 radical (unpaired) electrons. The van der Waals surface area contributed by atoms with Crippen LogP contribution in [0, 0.1) is 0 Å². The summed E-state index contributed by atoms with van der Waals surface area (Å²) in [5.74, 6) is -1.32. The third kappa shape index (κ3) is 2.64. The molecule has 2 aliphatic heterocycles. The lowest BCUT2D eigenvalue weighted by molar-refractivity contribution is -0.148. The smallest absolute Gasteiger partial charge is 0.331 e. The third-order valence-electron chi connectivity index (χ3n) is 4.19. The average molecular weight is 290 g/mol. The molecule has 1 aromatic rings. The fraction of sp³-hybridized carbons (Fsp3) is 0.467. The van der Waals surface area contributed by atoms with Crippen LogP contribution in [0.5, 0.6) is 0 Å². The monoisotopic (exact) mass is 290 g/mol. The first-order valence-corrected chi connectivity index (χ1v) is 7.04. The first-order chi connectivity index (χ1) is 10.1. The molecule has 0 spiro atoms. The number of aliphatic carboxylic acids is 1. The molecule has 21 heavy (non-hydrogen) atoms. The van der Waals surface area contributed by atoms with E-state index in [-0.39, 0.29) is 12.5 Å². The third-order valence-corrected chi connectivity index (χ3v) is 4.19. The van der Waals surface area contributed by atoms with Gasteiger partial charge in [0.15, 0.2) is 5.54 Å². The topological polar surface area (TPSA) is 87.7 Å². The molecule has 2 unspecified atom stereocenters. The van der Waals surface area contributed by atoms with E-state index in [0.717, 1.165) is 5.56 Å². The van der Waals surface area contributed by atoms with Gasteiger partial charge in [-0.15, -0.1) is 0 Å². The average Bonchev–Trinajstić information content (AvgIpc) is 2.96. The van der Waals surface area contributed by atoms with Gasteiger partial charge < -0.3 is 20.5 Å². The Balaban J connectivity index is 1.71. The number of carbonyl (C=O) groups excluding carboxylic acids is 1. The van der Waals surface area contributed by atoms with Crippen molar-refractivity contribution in [1.29, 1.82) is 0 Å². The highest BCUT2D eigenvalue weighted by molar-refractivity contribution is 5.90. The molecule has 112 valence electrons. The first-order valence-electron chi connectivity index (χ1n) is 7.04. The minimum absolute atomic E-state index is 0.0252.